The van der Waals surface area contributed by atoms with Gasteiger partial charge in [0.05, 0.1) is 24.5 Å². The second kappa shape index (κ2) is 8.43. The van der Waals surface area contributed by atoms with E-state index in [-0.39, 0.29) is 18.4 Å². The zero-order valence-electron chi connectivity index (χ0n) is 17.4. The van der Waals surface area contributed by atoms with Gasteiger partial charge in [-0.1, -0.05) is 36.4 Å². The molecule has 9 nitrogen and oxygen atoms in total. The Morgan fingerprint density at radius 2 is 2.06 bits per heavy atom. The summed E-state index contributed by atoms with van der Waals surface area (Å²) >= 11 is 0. The smallest absolute Gasteiger partial charge is 0.249 e. The molecule has 1 aliphatic heterocycles. The number of nitrogens with one attached hydrogen (secondary N) is 2. The number of hydrogen-bond acceptors (Lipinski definition) is 7. The lowest BCUT2D eigenvalue weighted by Crippen LogP contribution is -2.29. The normalized spacial score (nSPS) is 16.2. The van der Waals surface area contributed by atoms with Gasteiger partial charge in [-0.25, -0.2) is 9.97 Å². The topological polar surface area (TPSA) is 109 Å². The quantitative estimate of drug-likeness (QED) is 0.601. The number of carbonyl (C=O) groups is 1. The number of H-pyrrole nitrogens is 1. The van der Waals surface area contributed by atoms with E-state index in [4.69, 9.17) is 4.74 Å². The lowest BCUT2D eigenvalue weighted by Gasteiger charge is -2.16. The predicted octanol–water partition coefficient (Wildman–Crippen LogP) is 1.84. The molecule has 3 heterocycles. The number of hydrogen-bond donors (Lipinski definition) is 2. The third-order valence-corrected chi connectivity index (χ3v) is 5.93. The van der Waals surface area contributed by atoms with E-state index in [0.717, 1.165) is 29.8 Å². The molecule has 0 spiro atoms. The Labute approximate surface area is 180 Å². The van der Waals surface area contributed by atoms with E-state index >= 15 is 0 Å². The number of anilines is 1. The molecule has 0 bridgehead atoms. The molecular formula is C22H25N7O2. The van der Waals surface area contributed by atoms with Crippen LogP contribution in [0, 0.1) is 0 Å². The number of benzene rings is 1. The van der Waals surface area contributed by atoms with Gasteiger partial charge in [-0.2, -0.15) is 0 Å². The Morgan fingerprint density at radius 1 is 1.26 bits per heavy atom. The van der Waals surface area contributed by atoms with Crippen molar-refractivity contribution in [3.63, 3.8) is 0 Å². The average Bonchev–Trinajstić information content (AvgIpc) is 3.51. The van der Waals surface area contributed by atoms with Crippen LogP contribution in [0.3, 0.4) is 0 Å². The minimum absolute atomic E-state index is 0.0368. The first kappa shape index (κ1) is 19.6. The monoisotopic (exact) mass is 419 g/mol. The summed E-state index contributed by atoms with van der Waals surface area (Å²) in [6, 6.07) is 8.82. The second-order valence-electron chi connectivity index (χ2n) is 8.25. The van der Waals surface area contributed by atoms with E-state index in [1.165, 1.54) is 11.1 Å². The molecule has 1 aromatic carbocycles. The number of ether oxygens (including phenoxy) is 1. The number of nitrogens with zero attached hydrogens (tertiary/aromatic N) is 5. The van der Waals surface area contributed by atoms with Crippen molar-refractivity contribution < 1.29 is 9.53 Å². The zero-order valence-corrected chi connectivity index (χ0v) is 17.4. The van der Waals surface area contributed by atoms with Gasteiger partial charge in [-0.3, -0.25) is 9.89 Å². The highest BCUT2D eigenvalue weighted by atomic mass is 16.5. The Morgan fingerprint density at radius 3 is 2.81 bits per heavy atom. The van der Waals surface area contributed by atoms with Gasteiger partial charge in [-0.05, 0) is 24.0 Å². The Bertz CT molecular complexity index is 1040. The Hall–Kier alpha value is -3.33. The molecule has 0 saturated heterocycles. The van der Waals surface area contributed by atoms with E-state index < -0.39 is 0 Å². The third kappa shape index (κ3) is 4.27. The van der Waals surface area contributed by atoms with E-state index in [9.17, 15) is 4.79 Å². The maximum atomic E-state index is 12.6. The first-order valence-corrected chi connectivity index (χ1v) is 10.6. The van der Waals surface area contributed by atoms with Crippen LogP contribution in [0.1, 0.15) is 40.9 Å². The lowest BCUT2D eigenvalue weighted by atomic mass is 10.1. The number of amides is 1. The largest absolute Gasteiger partial charge is 0.371 e. The Kier molecular flexibility index (Phi) is 5.33. The molecule has 2 aromatic heterocycles. The maximum Gasteiger partial charge on any atom is 0.249 e. The fraction of sp³-hybridized carbons (Fsp3) is 0.409. The van der Waals surface area contributed by atoms with Crippen molar-refractivity contribution in [3.8, 4) is 0 Å². The van der Waals surface area contributed by atoms with Gasteiger partial charge in [-0.15, -0.1) is 5.10 Å². The minimum atomic E-state index is -0.0499. The minimum Gasteiger partial charge on any atom is -0.371 e. The lowest BCUT2D eigenvalue weighted by molar-refractivity contribution is -0.136. The van der Waals surface area contributed by atoms with Crippen LogP contribution in [0.4, 0.5) is 5.95 Å². The van der Waals surface area contributed by atoms with Crippen LogP contribution in [0.5, 0.6) is 0 Å². The van der Waals surface area contributed by atoms with E-state index in [1.807, 2.05) is 13.1 Å². The van der Waals surface area contributed by atoms with E-state index in [1.54, 1.807) is 11.1 Å². The average molecular weight is 419 g/mol. The summed E-state index contributed by atoms with van der Waals surface area (Å²) in [7, 11) is 0. The van der Waals surface area contributed by atoms with Gasteiger partial charge in [0.25, 0.3) is 0 Å². The molecule has 2 N–H and O–H groups in total. The van der Waals surface area contributed by atoms with Gasteiger partial charge in [0.2, 0.25) is 11.9 Å². The summed E-state index contributed by atoms with van der Waals surface area (Å²) in [5.41, 5.74) is 5.48. The highest BCUT2D eigenvalue weighted by molar-refractivity contribution is 5.78. The van der Waals surface area contributed by atoms with Crippen LogP contribution in [-0.4, -0.2) is 55.4 Å². The molecule has 1 aliphatic carbocycles. The molecule has 1 amide bonds. The van der Waals surface area contributed by atoms with Gasteiger partial charge >= 0.3 is 0 Å². The molecule has 0 saturated carbocycles. The van der Waals surface area contributed by atoms with E-state index in [0.29, 0.717) is 31.7 Å². The predicted molar refractivity (Wildman–Crippen MR) is 113 cm³/mol. The Balaban J connectivity index is 1.13. The summed E-state index contributed by atoms with van der Waals surface area (Å²) in [6.07, 6.45) is 5.52. The fourth-order valence-electron chi connectivity index (χ4n) is 4.19. The van der Waals surface area contributed by atoms with Crippen molar-refractivity contribution in [2.24, 2.45) is 0 Å². The first-order valence-electron chi connectivity index (χ1n) is 10.6. The number of aromatic amines is 1. The standard InChI is InChI=1S/C22H25N7O2/c1-14(19-9-24-28-27-19)12-31-13-21(30)29-10-17-8-23-22(26-20(17)11-29)25-18-6-15-4-2-3-5-16(15)7-18/h2-5,8-9,14,18H,6-7,10-13H2,1H3,(H,23,25,26)(H,24,27,28)/t14-/m0/s1. The summed E-state index contributed by atoms with van der Waals surface area (Å²) < 4.78 is 5.61. The van der Waals surface area contributed by atoms with Crippen molar-refractivity contribution in [2.75, 3.05) is 18.5 Å². The molecule has 3 aromatic rings. The fourth-order valence-corrected chi connectivity index (χ4v) is 4.19. The number of fused-ring (bicyclic) bond motifs is 2. The van der Waals surface area contributed by atoms with Crippen LogP contribution >= 0.6 is 0 Å². The van der Waals surface area contributed by atoms with Crippen molar-refractivity contribution >= 4 is 11.9 Å². The molecule has 0 radical (unpaired) electrons. The third-order valence-electron chi connectivity index (χ3n) is 5.93. The van der Waals surface area contributed by atoms with Crippen LogP contribution < -0.4 is 5.32 Å². The SMILES string of the molecule is C[C@@H](COCC(=O)N1Cc2cnc(NC3Cc4ccccc4C3)nc2C1)c1c[nH]nn1. The van der Waals surface area contributed by atoms with Crippen molar-refractivity contribution in [2.45, 2.75) is 44.8 Å². The molecule has 31 heavy (non-hydrogen) atoms. The van der Waals surface area contributed by atoms with E-state index in [2.05, 4.69) is 55.0 Å². The van der Waals surface area contributed by atoms with Gasteiger partial charge in [0, 0.05) is 36.5 Å². The molecule has 0 fully saturated rings. The molecular weight excluding hydrogens is 394 g/mol. The van der Waals surface area contributed by atoms with Crippen molar-refractivity contribution in [1.82, 2.24) is 30.3 Å². The summed E-state index contributed by atoms with van der Waals surface area (Å²) in [5.74, 6) is 0.651. The molecule has 1 atom stereocenters. The number of carbonyl (C=O) groups excluding carboxylic acids is 1. The highest BCUT2D eigenvalue weighted by Crippen LogP contribution is 2.25. The van der Waals surface area contributed by atoms with Crippen LogP contribution in [0.25, 0.3) is 0 Å². The molecule has 9 heteroatoms. The molecule has 0 unspecified atom stereocenters. The van der Waals surface area contributed by atoms with Crippen LogP contribution in [0.2, 0.25) is 0 Å². The first-order chi connectivity index (χ1) is 15.2. The number of rotatable bonds is 7. The van der Waals surface area contributed by atoms with Gasteiger partial charge < -0.3 is 15.0 Å². The second-order valence-corrected chi connectivity index (χ2v) is 8.25. The highest BCUT2D eigenvalue weighted by Gasteiger charge is 2.27. The number of aromatic nitrogens is 5. The van der Waals surface area contributed by atoms with Crippen molar-refractivity contribution in [3.05, 3.63) is 64.7 Å². The van der Waals surface area contributed by atoms with Gasteiger partial charge in [0.1, 0.15) is 6.61 Å². The summed E-state index contributed by atoms with van der Waals surface area (Å²) in [4.78, 5) is 23.5. The van der Waals surface area contributed by atoms with Crippen LogP contribution in [0.15, 0.2) is 36.7 Å². The summed E-state index contributed by atoms with van der Waals surface area (Å²) in [5, 5.41) is 13.8. The summed E-state index contributed by atoms with van der Waals surface area (Å²) in [6.45, 7) is 3.44. The molecule has 160 valence electrons. The molecule has 5 rings (SSSR count). The molecule has 2 aliphatic rings. The van der Waals surface area contributed by atoms with Crippen molar-refractivity contribution in [1.29, 1.82) is 0 Å². The van der Waals surface area contributed by atoms with Gasteiger partial charge in [0.15, 0.2) is 0 Å². The maximum absolute atomic E-state index is 12.6. The zero-order chi connectivity index (χ0) is 21.2. The van der Waals surface area contributed by atoms with Crippen LogP contribution in [-0.2, 0) is 35.5 Å².